The van der Waals surface area contributed by atoms with E-state index in [4.69, 9.17) is 18.9 Å². The topological polar surface area (TPSA) is 172 Å². The van der Waals surface area contributed by atoms with Crippen molar-refractivity contribution in [2.45, 2.75) is 201 Å². The van der Waals surface area contributed by atoms with E-state index in [2.05, 4.69) is 88.9 Å². The van der Waals surface area contributed by atoms with Gasteiger partial charge in [-0.1, -0.05) is 84.9 Å². The van der Waals surface area contributed by atoms with E-state index >= 15 is 17.6 Å². The predicted molar refractivity (Wildman–Crippen MR) is 446 cm³/mol. The number of aromatic amines is 4. The Kier molecular flexibility index (Phi) is 25.4. The molecule has 9 unspecified atom stereocenters. The van der Waals surface area contributed by atoms with E-state index in [1.807, 2.05) is 141 Å². The van der Waals surface area contributed by atoms with Crippen LogP contribution in [-0.4, -0.2) is 166 Å². The second kappa shape index (κ2) is 35.0. The molecule has 9 atom stereocenters. The number of fused-ring (bicyclic) bond motifs is 12. The maximum atomic E-state index is 15.2. The Morgan fingerprint density at radius 3 is 1.02 bits per heavy atom. The molecule has 0 fully saturated rings. The van der Waals surface area contributed by atoms with E-state index in [1.165, 1.54) is 68.7 Å². The maximum Gasteiger partial charge on any atom is 0.224 e. The molecule has 0 spiro atoms. The molecule has 5 aromatic carbocycles. The van der Waals surface area contributed by atoms with Crippen LogP contribution in [0.25, 0.3) is 43.6 Å². The minimum atomic E-state index is -1.69. The van der Waals surface area contributed by atoms with Gasteiger partial charge in [-0.05, 0) is 187 Å². The Hall–Kier alpha value is -9.85. The molecule has 0 amide bonds. The fourth-order valence-corrected chi connectivity index (χ4v) is 17.7. The Bertz CT molecular complexity index is 5200. The molecule has 117 heavy (non-hydrogen) atoms. The number of ether oxygens (including phenoxy) is 4. The first-order valence-electron chi connectivity index (χ1n) is 40.7. The average molecular weight is 1610 g/mol. The number of halogens is 8. The minimum Gasteiger partial charge on any atom is -0.494 e. The van der Waals surface area contributed by atoms with Crippen LogP contribution in [0, 0.1) is 23.4 Å². The first kappa shape index (κ1) is 85.0. The quantitative estimate of drug-likeness (QED) is 0.0341. The van der Waals surface area contributed by atoms with Crippen LogP contribution in [0.2, 0.25) is 0 Å². The Morgan fingerprint density at radius 1 is 0.393 bits per heavy atom. The highest BCUT2D eigenvalue weighted by Gasteiger charge is 2.46. The van der Waals surface area contributed by atoms with Gasteiger partial charge >= 0.3 is 0 Å². The number of alkyl halides is 4. The van der Waals surface area contributed by atoms with E-state index in [-0.39, 0.29) is 85.2 Å². The van der Waals surface area contributed by atoms with E-state index in [0.29, 0.717) is 56.7 Å². The van der Waals surface area contributed by atoms with Crippen LogP contribution in [0.4, 0.5) is 35.1 Å². The van der Waals surface area contributed by atoms with Crippen molar-refractivity contribution in [1.82, 2.24) is 54.5 Å². The molecule has 24 heteroatoms. The lowest BCUT2D eigenvalue weighted by Gasteiger charge is -2.43. The van der Waals surface area contributed by atoms with Crippen molar-refractivity contribution >= 4 is 43.6 Å². The molecular formula is C93H109F8N11O5. The van der Waals surface area contributed by atoms with Gasteiger partial charge in [0, 0.05) is 165 Å². The number of aliphatic hydroxyl groups excluding tert-OH is 1. The first-order chi connectivity index (χ1) is 55.7. The van der Waals surface area contributed by atoms with Crippen LogP contribution in [0.15, 0.2) is 152 Å². The van der Waals surface area contributed by atoms with Crippen molar-refractivity contribution in [3.05, 3.63) is 243 Å². The van der Waals surface area contributed by atoms with E-state index < -0.39 is 64.8 Å². The molecule has 4 aliphatic rings. The zero-order chi connectivity index (χ0) is 83.7. The highest BCUT2D eigenvalue weighted by molar-refractivity contribution is 5.88. The normalized spacial score (nSPS) is 20.4. The molecule has 0 saturated carbocycles. The Morgan fingerprint density at radius 2 is 0.701 bits per heavy atom. The summed E-state index contributed by atoms with van der Waals surface area (Å²) in [5.41, 5.74) is 7.99. The Labute approximate surface area is 679 Å². The number of nitrogens with zero attached hydrogens (tertiary/aromatic N) is 7. The second-order valence-corrected chi connectivity index (χ2v) is 33.5. The van der Waals surface area contributed by atoms with Gasteiger partial charge in [0.2, 0.25) is 23.6 Å². The van der Waals surface area contributed by atoms with E-state index in [9.17, 15) is 22.7 Å². The summed E-state index contributed by atoms with van der Waals surface area (Å²) in [5, 5.41) is 14.1. The third-order valence-electron chi connectivity index (χ3n) is 22.5. The first-order valence-corrected chi connectivity index (χ1v) is 40.7. The molecular weight excluding hydrogens is 1500 g/mol. The number of rotatable bonds is 21. The van der Waals surface area contributed by atoms with Crippen molar-refractivity contribution in [3.63, 3.8) is 0 Å². The summed E-state index contributed by atoms with van der Waals surface area (Å²) >= 11 is 0. The molecule has 16 rings (SSSR count). The lowest BCUT2D eigenvalue weighted by atomic mass is 9.87. The summed E-state index contributed by atoms with van der Waals surface area (Å²) in [4.78, 5) is 34.7. The van der Waals surface area contributed by atoms with Crippen LogP contribution in [0.1, 0.15) is 195 Å². The fourth-order valence-electron chi connectivity index (χ4n) is 17.7. The van der Waals surface area contributed by atoms with E-state index in [1.54, 1.807) is 27.7 Å². The molecule has 16 nitrogen and oxygen atoms in total. The maximum absolute atomic E-state index is 15.2. The van der Waals surface area contributed by atoms with Gasteiger partial charge in [0.15, 0.2) is 0 Å². The summed E-state index contributed by atoms with van der Waals surface area (Å²) in [6.45, 7) is 28.0. The molecule has 11 heterocycles. The predicted octanol–water partition coefficient (Wildman–Crippen LogP) is 20.3. The van der Waals surface area contributed by atoms with Crippen LogP contribution in [0.5, 0.6) is 23.4 Å². The monoisotopic (exact) mass is 1610 g/mol. The van der Waals surface area contributed by atoms with E-state index in [0.717, 1.165) is 91.1 Å². The smallest absolute Gasteiger partial charge is 0.224 e. The number of para-hydroxylation sites is 4. The van der Waals surface area contributed by atoms with Gasteiger partial charge in [0.1, 0.15) is 45.9 Å². The number of nitrogens with one attached hydrogen (secondary N) is 4. The van der Waals surface area contributed by atoms with Crippen LogP contribution in [-0.2, 0) is 25.7 Å². The third-order valence-corrected chi connectivity index (χ3v) is 22.5. The molecule has 7 aromatic heterocycles. The highest BCUT2D eigenvalue weighted by Crippen LogP contribution is 2.48. The lowest BCUT2D eigenvalue weighted by molar-refractivity contribution is 0.0174. The highest BCUT2D eigenvalue weighted by atomic mass is 19.2. The molecule has 622 valence electrons. The SMILES string of the molecule is CCOc1cc(F)c(C2c3[nH]c4ccccc4c3CC(C)N2CC(C)(C)F)c(F)c1.CCOc1cc(F)c(C2c3[nH]c4ccccc4c3CC(C)N2CC(C)(C)F)c(F)n1.CCOc1ccc(C2c3[nH]c4ccccc4c3CC(C)N2CC(C)(C)F)cn1.CCOc1ccc(C2c3[nH]c4ccccc4c3CC(C)N2CC(C)(F)CO)cn1. The average Bonchev–Trinajstić information content (AvgIpc) is 1.53. The number of hydrogen-bond acceptors (Lipinski definition) is 12. The second-order valence-electron chi connectivity index (χ2n) is 33.5. The van der Waals surface area contributed by atoms with Gasteiger partial charge in [0.05, 0.1) is 62.8 Å². The van der Waals surface area contributed by atoms with Crippen LogP contribution in [0.3, 0.4) is 0 Å². The number of aliphatic hydroxyl groups is 1. The molecule has 12 aromatic rings. The fraction of sp³-hybridized carbons (Fsp3) is 0.430. The Balaban J connectivity index is 0.000000136. The molecule has 4 aliphatic heterocycles. The van der Waals surface area contributed by atoms with Crippen LogP contribution >= 0.6 is 0 Å². The summed E-state index contributed by atoms with van der Waals surface area (Å²) < 4.78 is 141. The summed E-state index contributed by atoms with van der Waals surface area (Å²) in [6, 6.07) is 41.9. The summed E-state index contributed by atoms with van der Waals surface area (Å²) in [5.74, 6) is -1.84. The molecule has 0 radical (unpaired) electrons. The largest absolute Gasteiger partial charge is 0.494 e. The van der Waals surface area contributed by atoms with Crippen molar-refractivity contribution in [2.75, 3.05) is 59.2 Å². The zero-order valence-electron chi connectivity index (χ0n) is 69.5. The van der Waals surface area contributed by atoms with Crippen molar-refractivity contribution in [2.24, 2.45) is 0 Å². The number of hydrogen-bond donors (Lipinski definition) is 5. The number of aromatic nitrogens is 7. The number of pyridine rings is 3. The van der Waals surface area contributed by atoms with Gasteiger partial charge in [-0.3, -0.25) is 19.6 Å². The molecule has 0 aliphatic carbocycles. The number of benzene rings is 5. The minimum absolute atomic E-state index is 0.0275. The lowest BCUT2D eigenvalue weighted by Crippen LogP contribution is -2.49. The molecule has 0 bridgehead atoms. The van der Waals surface area contributed by atoms with Crippen molar-refractivity contribution < 1.29 is 59.2 Å². The van der Waals surface area contributed by atoms with Gasteiger partial charge in [-0.2, -0.15) is 9.37 Å². The van der Waals surface area contributed by atoms with Gasteiger partial charge in [0.25, 0.3) is 0 Å². The van der Waals surface area contributed by atoms with Gasteiger partial charge < -0.3 is 44.0 Å². The standard InChI is InChI=1S/C24H27F3N2O.C23H26F3N3O.C23H28FN3O2.C23H28FN3O/c1-5-30-15-11-18(25)21(19(26)12-15)23-22-17(16-8-6-7-9-20(16)28-22)10-14(2)29(23)13-24(3,4)27;1-5-30-18-11-16(24)19(22(25)28-18)21-20-15(14-8-6-7-9-17(14)27-20)10-13(2)29(21)12-23(3,4)26;1-4-29-20-10-9-16(12-25-20)22-21-18(17-7-5-6-8-19(17)26-21)11-15(2)27(22)13-23(3,24)14-28;1-5-28-20-11-10-16(13-25-20)22-21-18(17-8-6-7-9-19(17)26-21)12-15(2)27(22)14-23(3,4)24/h6-9,11-12,14,23,28H,5,10,13H2,1-4H3;6-9,11,13,21,27H,5,10,12H2,1-4H3;5-10,12,15,22,26,28H,4,11,13-14H2,1-3H3;6-11,13,15,22,26H,5,12,14H2,1-4H3. The number of H-pyrrole nitrogens is 4. The third kappa shape index (κ3) is 18.5. The molecule has 5 N–H and O–H groups in total. The zero-order valence-corrected chi connectivity index (χ0v) is 69.5. The molecule has 0 saturated heterocycles. The summed E-state index contributed by atoms with van der Waals surface area (Å²) in [7, 11) is 0. The van der Waals surface area contributed by atoms with Gasteiger partial charge in [-0.25, -0.2) is 40.7 Å². The van der Waals surface area contributed by atoms with Crippen LogP contribution < -0.4 is 18.9 Å². The van der Waals surface area contributed by atoms with Crippen molar-refractivity contribution in [1.29, 1.82) is 0 Å². The summed E-state index contributed by atoms with van der Waals surface area (Å²) in [6.07, 6.45) is 6.72. The van der Waals surface area contributed by atoms with Gasteiger partial charge in [-0.15, -0.1) is 0 Å². The van der Waals surface area contributed by atoms with Crippen molar-refractivity contribution in [3.8, 4) is 23.4 Å².